The number of likely N-dealkylation sites (tertiary alicyclic amines) is 1. The molecule has 0 aromatic carbocycles. The molecular formula is C8H17ClN2. The van der Waals surface area contributed by atoms with Gasteiger partial charge in [0.15, 0.2) is 0 Å². The summed E-state index contributed by atoms with van der Waals surface area (Å²) in [6.07, 6.45) is 2.69. The first-order chi connectivity index (χ1) is 5.33. The standard InChI is InChI=1S/C8H17ClN2/c1-11-4-2-3-8(6-11)5-10-7-9/h8,10H,2-7H2,1H3. The van der Waals surface area contributed by atoms with Gasteiger partial charge >= 0.3 is 0 Å². The molecule has 3 heteroatoms. The zero-order chi connectivity index (χ0) is 8.10. The van der Waals surface area contributed by atoms with Crippen LogP contribution in [0.1, 0.15) is 12.8 Å². The van der Waals surface area contributed by atoms with E-state index >= 15 is 0 Å². The highest BCUT2D eigenvalue weighted by molar-refractivity contribution is 6.17. The Morgan fingerprint density at radius 3 is 3.09 bits per heavy atom. The van der Waals surface area contributed by atoms with Crippen molar-refractivity contribution >= 4 is 11.6 Å². The molecule has 0 radical (unpaired) electrons. The summed E-state index contributed by atoms with van der Waals surface area (Å²) in [7, 11) is 2.19. The Morgan fingerprint density at radius 2 is 2.45 bits per heavy atom. The molecule has 0 spiro atoms. The first-order valence-electron chi connectivity index (χ1n) is 4.28. The van der Waals surface area contributed by atoms with Gasteiger partial charge in [-0.05, 0) is 32.4 Å². The van der Waals surface area contributed by atoms with Crippen LogP contribution >= 0.6 is 11.6 Å². The largest absolute Gasteiger partial charge is 0.306 e. The summed E-state index contributed by atoms with van der Waals surface area (Å²) in [5.41, 5.74) is 0. The van der Waals surface area contributed by atoms with Crippen LogP contribution in [0.15, 0.2) is 0 Å². The summed E-state index contributed by atoms with van der Waals surface area (Å²) in [4.78, 5) is 2.39. The van der Waals surface area contributed by atoms with Gasteiger partial charge in [0.05, 0.1) is 6.00 Å². The fourth-order valence-corrected chi connectivity index (χ4v) is 1.81. The number of halogens is 1. The topological polar surface area (TPSA) is 15.3 Å². The van der Waals surface area contributed by atoms with E-state index in [-0.39, 0.29) is 0 Å². The Kier molecular flexibility index (Phi) is 4.20. The average Bonchev–Trinajstić information content (AvgIpc) is 2.01. The predicted molar refractivity (Wildman–Crippen MR) is 48.9 cm³/mol. The van der Waals surface area contributed by atoms with Gasteiger partial charge in [-0.1, -0.05) is 0 Å². The first kappa shape index (κ1) is 9.30. The zero-order valence-electron chi connectivity index (χ0n) is 7.15. The van der Waals surface area contributed by atoms with Crippen LogP contribution in [0.5, 0.6) is 0 Å². The van der Waals surface area contributed by atoms with Gasteiger partial charge in [-0.15, -0.1) is 11.6 Å². The summed E-state index contributed by atoms with van der Waals surface area (Å²) in [5, 5.41) is 3.18. The Morgan fingerprint density at radius 1 is 1.64 bits per heavy atom. The Bertz CT molecular complexity index is 108. The number of nitrogens with one attached hydrogen (secondary N) is 1. The molecule has 1 aliphatic rings. The van der Waals surface area contributed by atoms with Crippen LogP contribution in [-0.4, -0.2) is 37.6 Å². The SMILES string of the molecule is CN1CCCC(CNCCl)C1. The molecule has 0 aromatic rings. The third-order valence-electron chi connectivity index (χ3n) is 2.25. The van der Waals surface area contributed by atoms with Crippen molar-refractivity contribution in [1.82, 2.24) is 10.2 Å². The van der Waals surface area contributed by atoms with Crippen LogP contribution in [0.3, 0.4) is 0 Å². The van der Waals surface area contributed by atoms with Crippen LogP contribution in [0.25, 0.3) is 0 Å². The third kappa shape index (κ3) is 3.41. The lowest BCUT2D eigenvalue weighted by molar-refractivity contribution is 0.208. The summed E-state index contributed by atoms with van der Waals surface area (Å²) in [6.45, 7) is 3.56. The number of nitrogens with zero attached hydrogens (tertiary/aromatic N) is 1. The molecule has 0 bridgehead atoms. The van der Waals surface area contributed by atoms with E-state index in [1.165, 1.54) is 25.9 Å². The average molecular weight is 177 g/mol. The second kappa shape index (κ2) is 4.96. The van der Waals surface area contributed by atoms with Crippen molar-refractivity contribution in [1.29, 1.82) is 0 Å². The van der Waals surface area contributed by atoms with Gasteiger partial charge in [0, 0.05) is 13.1 Å². The third-order valence-corrected chi connectivity index (χ3v) is 2.44. The molecule has 1 fully saturated rings. The molecule has 11 heavy (non-hydrogen) atoms. The lowest BCUT2D eigenvalue weighted by Crippen LogP contribution is -2.37. The van der Waals surface area contributed by atoms with Crippen LogP contribution in [0, 0.1) is 5.92 Å². The Labute approximate surface area is 73.9 Å². The summed E-state index contributed by atoms with van der Waals surface area (Å²) in [5.74, 6) is 0.812. The minimum absolute atomic E-state index is 0.584. The van der Waals surface area contributed by atoms with Gasteiger partial charge < -0.3 is 10.2 Å². The highest BCUT2D eigenvalue weighted by atomic mass is 35.5. The highest BCUT2D eigenvalue weighted by Gasteiger charge is 2.15. The molecule has 1 rings (SSSR count). The maximum absolute atomic E-state index is 5.53. The smallest absolute Gasteiger partial charge is 0.0713 e. The van der Waals surface area contributed by atoms with Gasteiger partial charge in [-0.3, -0.25) is 0 Å². The predicted octanol–water partition coefficient (Wildman–Crippen LogP) is 1.11. The maximum atomic E-state index is 5.53. The van der Waals surface area contributed by atoms with E-state index in [1.54, 1.807) is 0 Å². The quantitative estimate of drug-likeness (QED) is 0.512. The number of hydrogen-bond acceptors (Lipinski definition) is 2. The molecule has 0 saturated carbocycles. The minimum Gasteiger partial charge on any atom is -0.306 e. The van der Waals surface area contributed by atoms with Crippen LogP contribution in [0.4, 0.5) is 0 Å². The Balaban J connectivity index is 2.12. The van der Waals surface area contributed by atoms with Crippen molar-refractivity contribution in [3.05, 3.63) is 0 Å². The van der Waals surface area contributed by atoms with Crippen molar-refractivity contribution in [2.24, 2.45) is 5.92 Å². The van der Waals surface area contributed by atoms with Crippen LogP contribution in [0.2, 0.25) is 0 Å². The lowest BCUT2D eigenvalue weighted by atomic mass is 9.99. The molecule has 2 nitrogen and oxygen atoms in total. The molecule has 0 amide bonds. The number of rotatable bonds is 3. The number of hydrogen-bond donors (Lipinski definition) is 1. The molecule has 1 saturated heterocycles. The molecule has 1 aliphatic heterocycles. The zero-order valence-corrected chi connectivity index (χ0v) is 7.90. The van der Waals surface area contributed by atoms with E-state index in [0.29, 0.717) is 6.00 Å². The van der Waals surface area contributed by atoms with E-state index in [1.807, 2.05) is 0 Å². The minimum atomic E-state index is 0.584. The van der Waals surface area contributed by atoms with E-state index in [4.69, 9.17) is 11.6 Å². The molecule has 0 aliphatic carbocycles. The first-order valence-corrected chi connectivity index (χ1v) is 4.81. The second-order valence-electron chi connectivity index (χ2n) is 3.36. The fraction of sp³-hybridized carbons (Fsp3) is 1.00. The van der Waals surface area contributed by atoms with Crippen molar-refractivity contribution < 1.29 is 0 Å². The summed E-state index contributed by atoms with van der Waals surface area (Å²) in [6, 6.07) is 0.584. The molecule has 1 N–H and O–H groups in total. The molecule has 1 atom stereocenters. The lowest BCUT2D eigenvalue weighted by Gasteiger charge is -2.29. The van der Waals surface area contributed by atoms with Crippen LogP contribution in [-0.2, 0) is 0 Å². The number of piperidine rings is 1. The van der Waals surface area contributed by atoms with E-state index in [0.717, 1.165) is 12.5 Å². The highest BCUT2D eigenvalue weighted by Crippen LogP contribution is 2.13. The summed E-state index contributed by atoms with van der Waals surface area (Å²) >= 11 is 5.53. The maximum Gasteiger partial charge on any atom is 0.0713 e. The van der Waals surface area contributed by atoms with Gasteiger partial charge in [0.2, 0.25) is 0 Å². The van der Waals surface area contributed by atoms with Gasteiger partial charge in [0.1, 0.15) is 0 Å². The van der Waals surface area contributed by atoms with E-state index < -0.39 is 0 Å². The monoisotopic (exact) mass is 176 g/mol. The second-order valence-corrected chi connectivity index (χ2v) is 3.63. The number of alkyl halides is 1. The van der Waals surface area contributed by atoms with Crippen LogP contribution < -0.4 is 5.32 Å². The summed E-state index contributed by atoms with van der Waals surface area (Å²) < 4.78 is 0. The molecule has 66 valence electrons. The van der Waals surface area contributed by atoms with Crippen molar-refractivity contribution in [2.75, 3.05) is 32.7 Å². The molecule has 0 aromatic heterocycles. The Hall–Kier alpha value is 0.210. The van der Waals surface area contributed by atoms with Gasteiger partial charge in [-0.2, -0.15) is 0 Å². The van der Waals surface area contributed by atoms with E-state index in [2.05, 4.69) is 17.3 Å². The fourth-order valence-electron chi connectivity index (χ4n) is 1.70. The molecular weight excluding hydrogens is 160 g/mol. The molecule has 1 heterocycles. The van der Waals surface area contributed by atoms with Gasteiger partial charge in [-0.25, -0.2) is 0 Å². The van der Waals surface area contributed by atoms with Crippen molar-refractivity contribution in [2.45, 2.75) is 12.8 Å². The van der Waals surface area contributed by atoms with Gasteiger partial charge in [0.25, 0.3) is 0 Å². The normalized spacial score (nSPS) is 27.3. The molecule has 1 unspecified atom stereocenters. The van der Waals surface area contributed by atoms with E-state index in [9.17, 15) is 0 Å². The van der Waals surface area contributed by atoms with Crippen molar-refractivity contribution in [3.63, 3.8) is 0 Å². The van der Waals surface area contributed by atoms with Crippen molar-refractivity contribution in [3.8, 4) is 0 Å².